The third-order valence-corrected chi connectivity index (χ3v) is 9.04. The Morgan fingerprint density at radius 2 is 1.55 bits per heavy atom. The normalized spacial score (nSPS) is 36.2. The van der Waals surface area contributed by atoms with Gasteiger partial charge in [0.15, 0.2) is 0 Å². The molecule has 1 aromatic rings. The van der Waals surface area contributed by atoms with Gasteiger partial charge in [-0.2, -0.15) is 0 Å². The molecule has 0 unspecified atom stereocenters. The minimum absolute atomic E-state index is 0.176. The molecule has 0 atom stereocenters. The molecule has 4 aliphatic carbocycles. The van der Waals surface area contributed by atoms with Gasteiger partial charge in [-0.25, -0.2) is 0 Å². The summed E-state index contributed by atoms with van der Waals surface area (Å²) < 4.78 is 7.96. The summed E-state index contributed by atoms with van der Waals surface area (Å²) in [6, 6.07) is 10.9. The molecule has 1 nitrogen and oxygen atoms in total. The molecule has 0 heterocycles. The number of rotatable bonds is 3. The van der Waals surface area contributed by atoms with Gasteiger partial charge < -0.3 is 0 Å². The van der Waals surface area contributed by atoms with E-state index in [2.05, 4.69) is 48.6 Å². The second-order valence-corrected chi connectivity index (χ2v) is 10.1. The van der Waals surface area contributed by atoms with Crippen molar-refractivity contribution in [2.45, 2.75) is 63.3 Å². The van der Waals surface area contributed by atoms with E-state index in [0.29, 0.717) is 5.54 Å². The fraction of sp³-hybridized carbons (Fsp3) is 0.650. The van der Waals surface area contributed by atoms with Gasteiger partial charge in [0.05, 0.1) is 0 Å². The molecule has 0 saturated heterocycles. The standard InChI is InChI=1S/C10H15N.C10H12.Mo/c11-10-4-7-1-8(5-10)3-9(2-7)6-10;1-10(2,3)9-7-5-4-6-8-9;/h7-9H,1-6H2;1,4-8H,2-3H3;. The Morgan fingerprint density at radius 1 is 1.00 bits per heavy atom. The summed E-state index contributed by atoms with van der Waals surface area (Å²) in [5, 5.41) is 0. The van der Waals surface area contributed by atoms with Crippen molar-refractivity contribution in [1.82, 2.24) is 0 Å². The number of hydrogen-bond donors (Lipinski definition) is 0. The van der Waals surface area contributed by atoms with E-state index in [1.807, 2.05) is 0 Å². The molecule has 0 radical (unpaired) electrons. The molecule has 4 saturated carbocycles. The topological polar surface area (TPSA) is 12.4 Å². The molecule has 1 aromatic carbocycles. The van der Waals surface area contributed by atoms with Crippen molar-refractivity contribution >= 4 is 4.40 Å². The zero-order valence-electron chi connectivity index (χ0n) is 13.8. The average molecular weight is 377 g/mol. The van der Waals surface area contributed by atoms with Crippen LogP contribution in [0.25, 0.3) is 0 Å². The van der Waals surface area contributed by atoms with Gasteiger partial charge in [0.1, 0.15) is 0 Å². The van der Waals surface area contributed by atoms with Crippen LogP contribution in [0, 0.1) is 17.8 Å². The van der Waals surface area contributed by atoms with E-state index in [0.717, 1.165) is 17.8 Å². The van der Waals surface area contributed by atoms with E-state index in [-0.39, 0.29) is 23.3 Å². The Labute approximate surface area is 142 Å². The first-order valence-electron chi connectivity index (χ1n) is 8.83. The number of hydrogen-bond acceptors (Lipinski definition) is 1. The molecule has 4 fully saturated rings. The Hall–Kier alpha value is -0.422. The molecular formula is C20H27MoN. The molecule has 2 heteroatoms. The van der Waals surface area contributed by atoms with Crippen molar-refractivity contribution in [1.29, 1.82) is 0 Å². The van der Waals surface area contributed by atoms with Crippen LogP contribution in [-0.2, 0) is 23.3 Å². The molecule has 0 amide bonds. The van der Waals surface area contributed by atoms with Crippen molar-refractivity contribution in [3.05, 3.63) is 35.9 Å². The molecular weight excluding hydrogens is 350 g/mol. The number of benzene rings is 1. The van der Waals surface area contributed by atoms with Crippen LogP contribution < -0.4 is 0 Å². The first-order chi connectivity index (χ1) is 10.5. The van der Waals surface area contributed by atoms with Crippen molar-refractivity contribution in [2.75, 3.05) is 0 Å². The SMILES string of the molecule is CC(C)([CH]=[Mo]=[N]C12CC3CC(CC(C3)C1)C2)c1ccccc1. The Morgan fingerprint density at radius 3 is 2.09 bits per heavy atom. The van der Waals surface area contributed by atoms with E-state index in [4.69, 9.17) is 3.50 Å². The monoisotopic (exact) mass is 379 g/mol. The van der Waals surface area contributed by atoms with Crippen molar-refractivity contribution < 1.29 is 17.9 Å². The van der Waals surface area contributed by atoms with Crippen LogP contribution in [-0.4, -0.2) is 9.94 Å². The van der Waals surface area contributed by atoms with Crippen LogP contribution in [0.2, 0.25) is 0 Å². The second kappa shape index (κ2) is 5.59. The van der Waals surface area contributed by atoms with Gasteiger partial charge in [0.25, 0.3) is 0 Å². The van der Waals surface area contributed by atoms with Crippen LogP contribution in [0.4, 0.5) is 0 Å². The maximum atomic E-state index is 5.40. The summed E-state index contributed by atoms with van der Waals surface area (Å²) in [6.07, 6.45) is 8.83. The van der Waals surface area contributed by atoms with Crippen molar-refractivity contribution in [3.8, 4) is 0 Å². The van der Waals surface area contributed by atoms with E-state index in [9.17, 15) is 0 Å². The molecule has 0 aliphatic heterocycles. The van der Waals surface area contributed by atoms with E-state index >= 15 is 0 Å². The van der Waals surface area contributed by atoms with Gasteiger partial charge in [0.2, 0.25) is 0 Å². The predicted molar refractivity (Wildman–Crippen MR) is 88.9 cm³/mol. The molecule has 0 spiro atoms. The van der Waals surface area contributed by atoms with E-state index in [1.54, 1.807) is 0 Å². The second-order valence-electron chi connectivity index (χ2n) is 8.54. The molecule has 4 bridgehead atoms. The third-order valence-electron chi connectivity index (χ3n) is 6.12. The summed E-state index contributed by atoms with van der Waals surface area (Å²) in [4.78, 5) is 0. The Balaban J connectivity index is 1.56. The van der Waals surface area contributed by atoms with Crippen molar-refractivity contribution in [2.24, 2.45) is 21.2 Å². The van der Waals surface area contributed by atoms with E-state index < -0.39 is 0 Å². The van der Waals surface area contributed by atoms with Gasteiger partial charge in [-0.1, -0.05) is 0 Å². The first-order valence-corrected chi connectivity index (χ1v) is 10.9. The van der Waals surface area contributed by atoms with Crippen LogP contribution in [0.5, 0.6) is 0 Å². The van der Waals surface area contributed by atoms with Crippen LogP contribution >= 0.6 is 0 Å². The van der Waals surface area contributed by atoms with Crippen LogP contribution in [0.3, 0.4) is 0 Å². The van der Waals surface area contributed by atoms with Gasteiger partial charge >= 0.3 is 143 Å². The van der Waals surface area contributed by atoms with Crippen LogP contribution in [0.15, 0.2) is 33.8 Å². The molecule has 0 aromatic heterocycles. The summed E-state index contributed by atoms with van der Waals surface area (Å²) in [5.41, 5.74) is 2.02. The molecule has 4 aliphatic rings. The zero-order valence-corrected chi connectivity index (χ0v) is 15.8. The molecule has 22 heavy (non-hydrogen) atoms. The van der Waals surface area contributed by atoms with Crippen LogP contribution in [0.1, 0.15) is 57.9 Å². The predicted octanol–water partition coefficient (Wildman–Crippen LogP) is 5.00. The molecule has 5 rings (SSSR count). The van der Waals surface area contributed by atoms with Gasteiger partial charge in [0, 0.05) is 0 Å². The fourth-order valence-corrected chi connectivity index (χ4v) is 7.59. The first kappa shape index (κ1) is 15.1. The quantitative estimate of drug-likeness (QED) is 0.658. The van der Waals surface area contributed by atoms with E-state index in [1.165, 1.54) is 44.1 Å². The minimum atomic E-state index is -0.353. The van der Waals surface area contributed by atoms with Crippen molar-refractivity contribution in [3.63, 3.8) is 0 Å². The van der Waals surface area contributed by atoms with Gasteiger partial charge in [-0.15, -0.1) is 0 Å². The Kier molecular flexibility index (Phi) is 3.84. The summed E-state index contributed by atoms with van der Waals surface area (Å²) in [6.45, 7) is 4.70. The third kappa shape index (κ3) is 2.86. The summed E-state index contributed by atoms with van der Waals surface area (Å²) in [7, 11) is 0. The van der Waals surface area contributed by atoms with Gasteiger partial charge in [-0.3, -0.25) is 0 Å². The summed E-state index contributed by atoms with van der Waals surface area (Å²) >= 11 is -0.353. The summed E-state index contributed by atoms with van der Waals surface area (Å²) in [5.74, 6) is 3.05. The molecule has 118 valence electrons. The van der Waals surface area contributed by atoms with Gasteiger partial charge in [-0.05, 0) is 0 Å². The number of nitrogens with zero attached hydrogens (tertiary/aromatic N) is 1. The zero-order chi connectivity index (χ0) is 15.2. The maximum absolute atomic E-state index is 5.40. The molecule has 0 N–H and O–H groups in total. The average Bonchev–Trinajstić information content (AvgIpc) is 2.46. The Bertz CT molecular complexity index is 575. The fourth-order valence-electron chi connectivity index (χ4n) is 5.38.